The summed E-state index contributed by atoms with van der Waals surface area (Å²) in [5, 5.41) is 23.6. The molecule has 46 heavy (non-hydrogen) atoms. The van der Waals surface area contributed by atoms with Gasteiger partial charge in [0.2, 0.25) is 0 Å². The molecule has 1 unspecified atom stereocenters. The van der Waals surface area contributed by atoms with Crippen molar-refractivity contribution in [3.63, 3.8) is 0 Å². The first kappa shape index (κ1) is 35.1. The number of rotatable bonds is 18. The summed E-state index contributed by atoms with van der Waals surface area (Å²) in [6.07, 6.45) is 4.66. The highest BCUT2D eigenvalue weighted by molar-refractivity contribution is 6.32. The van der Waals surface area contributed by atoms with Crippen molar-refractivity contribution in [2.45, 2.75) is 44.9 Å². The summed E-state index contributed by atoms with van der Waals surface area (Å²) in [5.41, 5.74) is 1.78. The molecule has 0 amide bonds. The van der Waals surface area contributed by atoms with Gasteiger partial charge < -0.3 is 40.2 Å². The second kappa shape index (κ2) is 15.7. The topological polar surface area (TPSA) is 184 Å². The first-order valence-corrected chi connectivity index (χ1v) is 15.8. The van der Waals surface area contributed by atoms with E-state index in [4.69, 9.17) is 36.3 Å². The average Bonchev–Trinajstić information content (AvgIpc) is 3.93. The number of carboxylic acids is 2. The van der Waals surface area contributed by atoms with Crippen molar-refractivity contribution in [1.82, 2.24) is 5.32 Å². The molecule has 3 aliphatic rings. The monoisotopic (exact) mass is 660 g/mol. The summed E-state index contributed by atoms with van der Waals surface area (Å²) in [6.45, 7) is 3.69. The van der Waals surface area contributed by atoms with Gasteiger partial charge in [0, 0.05) is 23.3 Å². The van der Waals surface area contributed by atoms with Crippen LogP contribution >= 0.6 is 11.6 Å². The summed E-state index contributed by atoms with van der Waals surface area (Å²) in [5.74, 6) is -4.18. The average molecular weight is 661 g/mol. The lowest BCUT2D eigenvalue weighted by Gasteiger charge is -2.43. The standard InChI is InChI=1S/C33H41ClN2O10/c1-3-45-32(42)29-26(18-44-15-14-43-13-12-35)36-19(2)28(31(41)46-17-22(20-8-9-20)21-10-11-21)33(29,23-6-4-5-7-25(23)34)24(30(39)40)16-27(37)38/h4-7,16,20-22,36H,3,8-15,17-18,35H2,1-2H3,(H,37,38)(H,39,40)/b24-16+. The molecular formula is C33H41ClN2O10. The normalized spacial score (nSPS) is 20.1. The molecule has 12 nitrogen and oxygen atoms in total. The molecule has 0 radical (unpaired) electrons. The Kier molecular flexibility index (Phi) is 12.0. The number of nitrogens with one attached hydrogen (secondary N) is 1. The zero-order valence-corrected chi connectivity index (χ0v) is 26.8. The van der Waals surface area contributed by atoms with Gasteiger partial charge in [-0.25, -0.2) is 19.2 Å². The number of allylic oxidation sites excluding steroid dienone is 1. The zero-order chi connectivity index (χ0) is 33.4. The number of esters is 2. The number of dihydropyridines is 1. The third-order valence-corrected chi connectivity index (χ3v) is 8.70. The molecule has 0 aromatic heterocycles. The molecule has 2 aliphatic carbocycles. The maximum absolute atomic E-state index is 14.3. The van der Waals surface area contributed by atoms with E-state index in [2.05, 4.69) is 5.32 Å². The van der Waals surface area contributed by atoms with Crippen LogP contribution < -0.4 is 11.1 Å². The van der Waals surface area contributed by atoms with Crippen LogP contribution in [-0.2, 0) is 43.5 Å². The van der Waals surface area contributed by atoms with E-state index in [0.717, 1.165) is 25.7 Å². The van der Waals surface area contributed by atoms with Crippen LogP contribution in [0.1, 0.15) is 45.1 Å². The Morgan fingerprint density at radius 3 is 2.20 bits per heavy atom. The number of carbonyl (C=O) groups is 4. The number of halogens is 1. The number of hydrogen-bond donors (Lipinski definition) is 4. The molecule has 1 atom stereocenters. The van der Waals surface area contributed by atoms with Gasteiger partial charge in [0.25, 0.3) is 0 Å². The van der Waals surface area contributed by atoms with Crippen LogP contribution in [0.2, 0.25) is 5.02 Å². The fourth-order valence-corrected chi connectivity index (χ4v) is 6.49. The molecule has 0 bridgehead atoms. The highest BCUT2D eigenvalue weighted by Gasteiger charge is 2.57. The molecule has 2 fully saturated rings. The summed E-state index contributed by atoms with van der Waals surface area (Å²) in [7, 11) is 0. The predicted molar refractivity (Wildman–Crippen MR) is 167 cm³/mol. The van der Waals surface area contributed by atoms with E-state index in [0.29, 0.717) is 31.1 Å². The molecule has 2 saturated carbocycles. The van der Waals surface area contributed by atoms with E-state index in [1.54, 1.807) is 19.1 Å². The van der Waals surface area contributed by atoms with Gasteiger partial charge in [-0.1, -0.05) is 29.8 Å². The number of carboxylic acid groups (broad SMARTS) is 2. The molecule has 4 rings (SSSR count). The molecule has 0 spiro atoms. The van der Waals surface area contributed by atoms with E-state index in [-0.39, 0.29) is 72.1 Å². The Labute approximate surface area is 272 Å². The van der Waals surface area contributed by atoms with E-state index in [1.807, 2.05) is 0 Å². The Balaban J connectivity index is 1.95. The number of ether oxygens (including phenoxy) is 4. The van der Waals surface area contributed by atoms with E-state index >= 15 is 0 Å². The number of carbonyl (C=O) groups excluding carboxylic acids is 2. The highest BCUT2D eigenvalue weighted by Crippen LogP contribution is 2.53. The third kappa shape index (κ3) is 7.80. The maximum Gasteiger partial charge on any atom is 0.337 e. The zero-order valence-electron chi connectivity index (χ0n) is 26.0. The molecule has 5 N–H and O–H groups in total. The van der Waals surface area contributed by atoms with Gasteiger partial charge >= 0.3 is 23.9 Å². The minimum absolute atomic E-state index is 0.0212. The molecule has 1 aromatic carbocycles. The molecule has 1 heterocycles. The summed E-state index contributed by atoms with van der Waals surface area (Å²) >= 11 is 6.75. The lowest BCUT2D eigenvalue weighted by molar-refractivity contribution is -0.142. The van der Waals surface area contributed by atoms with Gasteiger partial charge in [-0.2, -0.15) is 0 Å². The molecule has 13 heteroatoms. The van der Waals surface area contributed by atoms with Crippen LogP contribution in [0.15, 0.2) is 58.5 Å². The van der Waals surface area contributed by atoms with Crippen LogP contribution in [0.25, 0.3) is 0 Å². The van der Waals surface area contributed by atoms with Gasteiger partial charge in [0.15, 0.2) is 0 Å². The summed E-state index contributed by atoms with van der Waals surface area (Å²) < 4.78 is 22.6. The fraction of sp³-hybridized carbons (Fsp3) is 0.515. The minimum Gasteiger partial charge on any atom is -0.478 e. The van der Waals surface area contributed by atoms with Crippen LogP contribution in [0, 0.1) is 17.8 Å². The van der Waals surface area contributed by atoms with Crippen LogP contribution in [0.3, 0.4) is 0 Å². The van der Waals surface area contributed by atoms with Crippen LogP contribution in [-0.4, -0.2) is 80.3 Å². The van der Waals surface area contributed by atoms with E-state index in [9.17, 15) is 29.4 Å². The Hall–Kier alpha value is -3.71. The number of aliphatic carboxylic acids is 2. The van der Waals surface area contributed by atoms with Crippen LogP contribution in [0.5, 0.6) is 0 Å². The van der Waals surface area contributed by atoms with E-state index < -0.39 is 34.9 Å². The summed E-state index contributed by atoms with van der Waals surface area (Å²) in [4.78, 5) is 53.8. The van der Waals surface area contributed by atoms with Gasteiger partial charge in [-0.15, -0.1) is 0 Å². The second-order valence-corrected chi connectivity index (χ2v) is 11.9. The maximum atomic E-state index is 14.3. The van der Waals surface area contributed by atoms with E-state index in [1.165, 1.54) is 19.1 Å². The second-order valence-electron chi connectivity index (χ2n) is 11.5. The lowest BCUT2D eigenvalue weighted by atomic mass is 9.61. The first-order valence-electron chi connectivity index (χ1n) is 15.4. The predicted octanol–water partition coefficient (Wildman–Crippen LogP) is 3.34. The van der Waals surface area contributed by atoms with Crippen molar-refractivity contribution in [3.05, 3.63) is 69.0 Å². The Bertz CT molecular complexity index is 1420. The molecule has 0 saturated heterocycles. The van der Waals surface area contributed by atoms with Crippen molar-refractivity contribution >= 4 is 35.5 Å². The SMILES string of the molecule is CCOC(=O)C1=C(COCCOCCN)NC(C)=C(C(=O)OCC(C2CC2)C2CC2)C1(/C(=C/C(=O)O)C(=O)O)c1ccccc1Cl. The van der Waals surface area contributed by atoms with Crippen molar-refractivity contribution < 1.29 is 48.3 Å². The van der Waals surface area contributed by atoms with Crippen molar-refractivity contribution in [1.29, 1.82) is 0 Å². The number of hydrogen-bond acceptors (Lipinski definition) is 10. The molecule has 250 valence electrons. The smallest absolute Gasteiger partial charge is 0.337 e. The molecule has 1 aromatic rings. The van der Waals surface area contributed by atoms with Gasteiger partial charge in [0.1, 0.15) is 0 Å². The van der Waals surface area contributed by atoms with Crippen LogP contribution in [0.4, 0.5) is 0 Å². The number of benzene rings is 1. The lowest BCUT2D eigenvalue weighted by Crippen LogP contribution is -2.49. The Morgan fingerprint density at radius 2 is 1.63 bits per heavy atom. The van der Waals surface area contributed by atoms with Crippen molar-refractivity contribution in [3.8, 4) is 0 Å². The number of nitrogens with two attached hydrogens (primary N) is 1. The summed E-state index contributed by atoms with van der Waals surface area (Å²) in [6, 6.07) is 6.05. The third-order valence-electron chi connectivity index (χ3n) is 8.37. The fourth-order valence-electron chi connectivity index (χ4n) is 6.21. The highest BCUT2D eigenvalue weighted by atomic mass is 35.5. The van der Waals surface area contributed by atoms with Gasteiger partial charge in [0.05, 0.1) is 67.5 Å². The van der Waals surface area contributed by atoms with Gasteiger partial charge in [-0.05, 0) is 68.9 Å². The first-order chi connectivity index (χ1) is 22.1. The van der Waals surface area contributed by atoms with Crippen molar-refractivity contribution in [2.24, 2.45) is 23.5 Å². The largest absolute Gasteiger partial charge is 0.478 e. The molecule has 1 aliphatic heterocycles. The molecular weight excluding hydrogens is 620 g/mol. The quantitative estimate of drug-likeness (QED) is 0.102. The Morgan fingerprint density at radius 1 is 1.00 bits per heavy atom. The van der Waals surface area contributed by atoms with Gasteiger partial charge in [-0.3, -0.25) is 0 Å². The minimum atomic E-state index is -2.38. The van der Waals surface area contributed by atoms with Crippen molar-refractivity contribution in [2.75, 3.05) is 46.2 Å².